The zero-order chi connectivity index (χ0) is 15.2. The fourth-order valence-corrected chi connectivity index (χ4v) is 2.31. The van der Waals surface area contributed by atoms with Gasteiger partial charge in [-0.3, -0.25) is 4.79 Å². The molecule has 0 radical (unpaired) electrons. The molecule has 20 heavy (non-hydrogen) atoms. The number of hydrogen-bond acceptors (Lipinski definition) is 3. The highest BCUT2D eigenvalue weighted by Gasteiger charge is 2.32. The molecule has 0 heterocycles. The zero-order valence-electron chi connectivity index (χ0n) is 11.5. The molecule has 1 atom stereocenters. The van der Waals surface area contributed by atoms with Crippen molar-refractivity contribution in [3.8, 4) is 0 Å². The fraction of sp³-hybridized carbons (Fsp3) is 0.429. The highest BCUT2D eigenvalue weighted by molar-refractivity contribution is 7.99. The van der Waals surface area contributed by atoms with Gasteiger partial charge in [-0.25, -0.2) is 9.18 Å². The first-order chi connectivity index (χ1) is 9.37. The lowest BCUT2D eigenvalue weighted by molar-refractivity contribution is -0.146. The van der Waals surface area contributed by atoms with Gasteiger partial charge in [-0.2, -0.15) is 0 Å². The summed E-state index contributed by atoms with van der Waals surface area (Å²) in [5, 5.41) is 11.6. The van der Waals surface area contributed by atoms with Gasteiger partial charge >= 0.3 is 5.97 Å². The summed E-state index contributed by atoms with van der Waals surface area (Å²) in [6.07, 6.45) is 0.532. The third-order valence-corrected chi connectivity index (χ3v) is 4.02. The van der Waals surface area contributed by atoms with E-state index in [1.807, 2.05) is 0 Å². The molecule has 1 unspecified atom stereocenters. The van der Waals surface area contributed by atoms with Crippen molar-refractivity contribution in [3.63, 3.8) is 0 Å². The van der Waals surface area contributed by atoms with E-state index in [-0.39, 0.29) is 18.1 Å². The number of carboxylic acid groups (broad SMARTS) is 1. The normalized spacial score (nSPS) is 13.6. The molecular formula is C14H18FNO3S. The zero-order valence-corrected chi connectivity index (χ0v) is 12.3. The number of hydrogen-bond donors (Lipinski definition) is 2. The summed E-state index contributed by atoms with van der Waals surface area (Å²) >= 11 is 1.42. The van der Waals surface area contributed by atoms with Gasteiger partial charge < -0.3 is 10.4 Å². The lowest BCUT2D eigenvalue weighted by atomic mass is 9.99. The number of thioether (sulfide) groups is 1. The van der Waals surface area contributed by atoms with Crippen LogP contribution in [0.25, 0.3) is 0 Å². The van der Waals surface area contributed by atoms with E-state index in [1.54, 1.807) is 19.1 Å². The molecule has 0 fully saturated rings. The minimum Gasteiger partial charge on any atom is -0.480 e. The molecule has 4 nitrogen and oxygen atoms in total. The predicted octanol–water partition coefficient (Wildman–Crippen LogP) is 2.68. The van der Waals surface area contributed by atoms with E-state index >= 15 is 0 Å². The maximum atomic E-state index is 12.7. The minimum atomic E-state index is -1.22. The summed E-state index contributed by atoms with van der Waals surface area (Å²) in [6, 6.07) is 6.01. The smallest absolute Gasteiger partial charge is 0.329 e. The van der Waals surface area contributed by atoms with E-state index in [9.17, 15) is 14.0 Å². The third-order valence-electron chi connectivity index (χ3n) is 3.01. The second-order valence-corrected chi connectivity index (χ2v) is 5.76. The number of nitrogens with one attached hydrogen (secondary N) is 1. The van der Waals surface area contributed by atoms with Crippen LogP contribution in [0, 0.1) is 5.82 Å². The number of carbonyl (C=O) groups excluding carboxylic acids is 1. The molecule has 0 saturated heterocycles. The Kier molecular flexibility index (Phi) is 6.01. The quantitative estimate of drug-likeness (QED) is 0.760. The van der Waals surface area contributed by atoms with Gasteiger partial charge in [0, 0.05) is 17.1 Å². The van der Waals surface area contributed by atoms with E-state index in [2.05, 4.69) is 5.32 Å². The fourth-order valence-electron chi connectivity index (χ4n) is 1.46. The molecule has 1 aromatic rings. The van der Waals surface area contributed by atoms with Crippen molar-refractivity contribution in [2.45, 2.75) is 37.1 Å². The maximum Gasteiger partial charge on any atom is 0.329 e. The lowest BCUT2D eigenvalue weighted by Crippen LogP contribution is -2.51. The summed E-state index contributed by atoms with van der Waals surface area (Å²) in [6.45, 7) is 3.20. The Bertz CT molecular complexity index is 478. The van der Waals surface area contributed by atoms with Crippen molar-refractivity contribution in [3.05, 3.63) is 30.1 Å². The average molecular weight is 299 g/mol. The van der Waals surface area contributed by atoms with E-state index in [1.165, 1.54) is 30.8 Å². The number of carboxylic acids is 1. The Hall–Kier alpha value is -1.56. The molecule has 1 amide bonds. The molecule has 0 aliphatic rings. The van der Waals surface area contributed by atoms with Gasteiger partial charge in [0.15, 0.2) is 0 Å². The van der Waals surface area contributed by atoms with Crippen LogP contribution in [0.2, 0.25) is 0 Å². The van der Waals surface area contributed by atoms with E-state index < -0.39 is 11.5 Å². The monoisotopic (exact) mass is 299 g/mol. The molecule has 0 spiro atoms. The predicted molar refractivity (Wildman–Crippen MR) is 76.2 cm³/mol. The average Bonchev–Trinajstić information content (AvgIpc) is 2.40. The molecule has 0 aliphatic heterocycles. The van der Waals surface area contributed by atoms with Crippen LogP contribution in [0.3, 0.4) is 0 Å². The Labute approximate surface area is 121 Å². The Morgan fingerprint density at radius 1 is 1.35 bits per heavy atom. The van der Waals surface area contributed by atoms with Crippen LogP contribution >= 0.6 is 11.8 Å². The second kappa shape index (κ2) is 7.28. The van der Waals surface area contributed by atoms with Crippen molar-refractivity contribution in [1.29, 1.82) is 0 Å². The van der Waals surface area contributed by atoms with Crippen LogP contribution in [-0.4, -0.2) is 28.3 Å². The van der Waals surface area contributed by atoms with E-state index in [4.69, 9.17) is 5.11 Å². The highest BCUT2D eigenvalue weighted by Crippen LogP contribution is 2.19. The second-order valence-electron chi connectivity index (χ2n) is 4.59. The highest BCUT2D eigenvalue weighted by atomic mass is 32.2. The van der Waals surface area contributed by atoms with Crippen LogP contribution in [0.1, 0.15) is 26.7 Å². The van der Waals surface area contributed by atoms with Crippen LogP contribution in [0.4, 0.5) is 4.39 Å². The van der Waals surface area contributed by atoms with Crippen molar-refractivity contribution in [2.75, 3.05) is 5.75 Å². The first kappa shape index (κ1) is 16.5. The summed E-state index contributed by atoms with van der Waals surface area (Å²) in [5.41, 5.74) is -1.22. The van der Waals surface area contributed by atoms with Gasteiger partial charge in [-0.15, -0.1) is 11.8 Å². The number of benzene rings is 1. The van der Waals surface area contributed by atoms with Gasteiger partial charge in [-0.05, 0) is 37.6 Å². The largest absolute Gasteiger partial charge is 0.480 e. The van der Waals surface area contributed by atoms with Crippen molar-refractivity contribution in [1.82, 2.24) is 5.32 Å². The molecular weight excluding hydrogens is 281 g/mol. The van der Waals surface area contributed by atoms with Crippen molar-refractivity contribution < 1.29 is 19.1 Å². The number of amides is 1. The molecule has 1 rings (SSSR count). The van der Waals surface area contributed by atoms with Gasteiger partial charge in [0.05, 0.1) is 0 Å². The van der Waals surface area contributed by atoms with Crippen molar-refractivity contribution in [2.24, 2.45) is 0 Å². The topological polar surface area (TPSA) is 66.4 Å². The van der Waals surface area contributed by atoms with E-state index in [0.29, 0.717) is 12.2 Å². The van der Waals surface area contributed by atoms with Crippen LogP contribution in [-0.2, 0) is 9.59 Å². The third kappa shape index (κ3) is 4.85. The minimum absolute atomic E-state index is 0.213. The van der Waals surface area contributed by atoms with E-state index in [0.717, 1.165) is 4.90 Å². The van der Waals surface area contributed by atoms with Crippen molar-refractivity contribution >= 4 is 23.6 Å². The van der Waals surface area contributed by atoms with Gasteiger partial charge in [0.2, 0.25) is 5.91 Å². The molecule has 0 aromatic heterocycles. The van der Waals surface area contributed by atoms with Crippen LogP contribution < -0.4 is 5.32 Å². The van der Waals surface area contributed by atoms with Gasteiger partial charge in [-0.1, -0.05) is 6.92 Å². The first-order valence-electron chi connectivity index (χ1n) is 6.30. The Balaban J connectivity index is 2.40. The number of carbonyl (C=O) groups is 2. The number of rotatable bonds is 7. The molecule has 6 heteroatoms. The van der Waals surface area contributed by atoms with Crippen LogP contribution in [0.15, 0.2) is 29.2 Å². The van der Waals surface area contributed by atoms with Gasteiger partial charge in [0.1, 0.15) is 11.4 Å². The number of halogens is 1. The SMILES string of the molecule is CCC(C)(NC(=O)CCSc1ccc(F)cc1)C(=O)O. The lowest BCUT2D eigenvalue weighted by Gasteiger charge is -2.24. The molecule has 0 saturated carbocycles. The maximum absolute atomic E-state index is 12.7. The molecule has 110 valence electrons. The first-order valence-corrected chi connectivity index (χ1v) is 7.28. The summed E-state index contributed by atoms with van der Waals surface area (Å²) in [4.78, 5) is 23.6. The Morgan fingerprint density at radius 2 is 1.95 bits per heavy atom. The molecule has 1 aromatic carbocycles. The van der Waals surface area contributed by atoms with Crippen LogP contribution in [0.5, 0.6) is 0 Å². The molecule has 2 N–H and O–H groups in total. The standard InChI is InChI=1S/C14H18FNO3S/c1-3-14(2,13(18)19)16-12(17)8-9-20-11-6-4-10(15)5-7-11/h4-7H,3,8-9H2,1-2H3,(H,16,17)(H,18,19). The summed E-state index contributed by atoms with van der Waals surface area (Å²) < 4.78 is 12.7. The molecule has 0 aliphatic carbocycles. The van der Waals surface area contributed by atoms with Gasteiger partial charge in [0.25, 0.3) is 0 Å². The molecule has 0 bridgehead atoms. The summed E-state index contributed by atoms with van der Waals surface area (Å²) in [7, 11) is 0. The number of aliphatic carboxylic acids is 1. The Morgan fingerprint density at radius 3 is 2.45 bits per heavy atom. The summed E-state index contributed by atoms with van der Waals surface area (Å²) in [5.74, 6) is -1.13.